The van der Waals surface area contributed by atoms with Crippen LogP contribution >= 0.6 is 31.9 Å². The number of rotatable bonds is 3. The van der Waals surface area contributed by atoms with Crippen LogP contribution in [0.2, 0.25) is 0 Å². The molecule has 0 saturated heterocycles. The van der Waals surface area contributed by atoms with E-state index in [1.807, 2.05) is 31.2 Å². The number of benzene rings is 3. The summed E-state index contributed by atoms with van der Waals surface area (Å²) in [6, 6.07) is 19.4. The first kappa shape index (κ1) is 23.6. The number of sulfonamides is 1. The zero-order chi connectivity index (χ0) is 22.9. The quantitative estimate of drug-likeness (QED) is 0.394. The molecular weight excluding hydrogens is 552 g/mol. The maximum Gasteiger partial charge on any atom is 0.241 e. The van der Waals surface area contributed by atoms with Crippen LogP contribution in [0.5, 0.6) is 0 Å². The van der Waals surface area contributed by atoms with E-state index in [0.717, 1.165) is 45.8 Å². The van der Waals surface area contributed by atoms with Gasteiger partial charge in [-0.1, -0.05) is 61.7 Å². The van der Waals surface area contributed by atoms with Gasteiger partial charge in [-0.05, 0) is 91.3 Å². The van der Waals surface area contributed by atoms with E-state index < -0.39 is 10.0 Å². The van der Waals surface area contributed by atoms with Gasteiger partial charge < -0.3 is 5.73 Å². The Morgan fingerprint density at radius 2 is 1.41 bits per heavy atom. The smallest absolute Gasteiger partial charge is 0.241 e. The van der Waals surface area contributed by atoms with Gasteiger partial charge in [-0.15, -0.1) is 0 Å². The highest BCUT2D eigenvalue weighted by Gasteiger charge is 2.27. The molecule has 4 nitrogen and oxygen atoms in total. The predicted molar refractivity (Wildman–Crippen MR) is 136 cm³/mol. The van der Waals surface area contributed by atoms with Crippen LogP contribution in [0.3, 0.4) is 0 Å². The second-order valence-corrected chi connectivity index (χ2v) is 11.9. The van der Waals surface area contributed by atoms with Crippen LogP contribution < -0.4 is 10.5 Å². The first-order valence-electron chi connectivity index (χ1n) is 10.6. The summed E-state index contributed by atoms with van der Waals surface area (Å²) in [7, 11) is -3.48. The van der Waals surface area contributed by atoms with Crippen molar-refractivity contribution in [3.05, 3.63) is 97.4 Å². The van der Waals surface area contributed by atoms with Crippen LogP contribution in [0, 0.1) is 6.92 Å². The average molecular weight is 578 g/mol. The summed E-state index contributed by atoms with van der Waals surface area (Å²) in [5.74, 6) is 0. The minimum atomic E-state index is -3.48. The zero-order valence-corrected chi connectivity index (χ0v) is 21.8. The topological polar surface area (TPSA) is 72.2 Å². The lowest BCUT2D eigenvalue weighted by molar-refractivity contribution is 0.554. The number of hydrogen-bond donors (Lipinski definition) is 2. The van der Waals surface area contributed by atoms with Crippen LogP contribution in [0.25, 0.3) is 0 Å². The summed E-state index contributed by atoms with van der Waals surface area (Å²) in [5.41, 5.74) is 12.0. The summed E-state index contributed by atoms with van der Waals surface area (Å²) in [5, 5.41) is 0. The molecule has 3 N–H and O–H groups in total. The Balaban J connectivity index is 0.000000186. The Morgan fingerprint density at radius 3 is 2.06 bits per heavy atom. The lowest BCUT2D eigenvalue weighted by atomic mass is 10.1. The number of halogens is 2. The third kappa shape index (κ3) is 5.34. The molecule has 7 heteroatoms. The fraction of sp³-hybridized carbons (Fsp3) is 0.280. The molecular formula is C25H26Br2N2O2S. The van der Waals surface area contributed by atoms with Crippen molar-refractivity contribution in [2.45, 2.75) is 49.6 Å². The van der Waals surface area contributed by atoms with Gasteiger partial charge in [0.15, 0.2) is 0 Å². The minimum Gasteiger partial charge on any atom is -0.324 e. The van der Waals surface area contributed by atoms with Gasteiger partial charge in [0.05, 0.1) is 4.90 Å². The van der Waals surface area contributed by atoms with Crippen LogP contribution in [0.1, 0.15) is 52.7 Å². The number of aryl methyl sites for hydroxylation is 3. The van der Waals surface area contributed by atoms with E-state index in [-0.39, 0.29) is 12.1 Å². The second kappa shape index (κ2) is 9.77. The molecule has 0 fully saturated rings. The van der Waals surface area contributed by atoms with Crippen LogP contribution in [-0.4, -0.2) is 8.42 Å². The molecule has 32 heavy (non-hydrogen) atoms. The molecule has 0 radical (unpaired) electrons. The van der Waals surface area contributed by atoms with E-state index in [1.165, 1.54) is 16.7 Å². The number of hydrogen-bond acceptors (Lipinski definition) is 3. The molecule has 0 bridgehead atoms. The minimum absolute atomic E-state index is 0.139. The van der Waals surface area contributed by atoms with Gasteiger partial charge in [-0.2, -0.15) is 0 Å². The fourth-order valence-electron chi connectivity index (χ4n) is 4.30. The largest absolute Gasteiger partial charge is 0.324 e. The Bertz CT molecular complexity index is 1230. The van der Waals surface area contributed by atoms with Crippen LogP contribution in [0.15, 0.2) is 74.5 Å². The van der Waals surface area contributed by atoms with Gasteiger partial charge in [0, 0.05) is 21.0 Å². The molecule has 0 aliphatic heterocycles. The Hall–Kier alpha value is -1.51. The summed E-state index contributed by atoms with van der Waals surface area (Å²) >= 11 is 6.90. The van der Waals surface area contributed by atoms with E-state index in [4.69, 9.17) is 5.73 Å². The lowest BCUT2D eigenvalue weighted by Gasteiger charge is -2.14. The highest BCUT2D eigenvalue weighted by atomic mass is 79.9. The molecule has 3 aromatic carbocycles. The van der Waals surface area contributed by atoms with Crippen LogP contribution in [-0.2, 0) is 22.9 Å². The molecule has 0 amide bonds. The van der Waals surface area contributed by atoms with Crippen molar-refractivity contribution in [3.8, 4) is 0 Å². The highest BCUT2D eigenvalue weighted by Crippen LogP contribution is 2.34. The van der Waals surface area contributed by atoms with Crippen molar-refractivity contribution in [2.75, 3.05) is 0 Å². The van der Waals surface area contributed by atoms with Crippen LogP contribution in [0.4, 0.5) is 0 Å². The summed E-state index contributed by atoms with van der Waals surface area (Å²) in [6.45, 7) is 1.94. The van der Waals surface area contributed by atoms with E-state index >= 15 is 0 Å². The van der Waals surface area contributed by atoms with Crippen molar-refractivity contribution in [3.63, 3.8) is 0 Å². The van der Waals surface area contributed by atoms with Gasteiger partial charge in [0.1, 0.15) is 0 Å². The van der Waals surface area contributed by atoms with E-state index in [2.05, 4.69) is 60.8 Å². The maximum atomic E-state index is 12.5. The average Bonchev–Trinajstić information content (AvgIpc) is 3.31. The monoisotopic (exact) mass is 576 g/mol. The number of nitrogens with two attached hydrogens (primary N) is 1. The SMILES string of the molecule is Cc1ccc(S(=O)(=O)NC2CCc3cc(Br)ccc32)cc1.NC1CCc2cc(Br)ccc21. The molecule has 2 atom stereocenters. The molecule has 3 aromatic rings. The normalized spacial score (nSPS) is 19.1. The van der Waals surface area contributed by atoms with Gasteiger partial charge in [0.2, 0.25) is 10.0 Å². The standard InChI is InChI=1S/C16H16BrNO2S.C9H10BrN/c1-11-2-6-14(7-3-11)21(19,20)18-16-9-4-12-10-13(17)5-8-15(12)16;10-7-2-3-8-6(5-7)1-4-9(8)11/h2-3,5-8,10,16,18H,4,9H2,1H3;2-3,5,9H,1,4,11H2. The fourth-order valence-corrected chi connectivity index (χ4v) is 6.37. The molecule has 0 spiro atoms. The first-order chi connectivity index (χ1) is 15.2. The summed E-state index contributed by atoms with van der Waals surface area (Å²) in [4.78, 5) is 0.318. The summed E-state index contributed by atoms with van der Waals surface area (Å²) < 4.78 is 29.9. The molecule has 0 saturated carbocycles. The molecule has 2 unspecified atom stereocenters. The third-order valence-corrected chi connectivity index (χ3v) is 8.51. The molecule has 0 heterocycles. The van der Waals surface area contributed by atoms with Crippen molar-refractivity contribution in [1.29, 1.82) is 0 Å². The molecule has 2 aliphatic carbocycles. The third-order valence-electron chi connectivity index (χ3n) is 6.04. The first-order valence-corrected chi connectivity index (χ1v) is 13.7. The van der Waals surface area contributed by atoms with Gasteiger partial charge in [-0.3, -0.25) is 0 Å². The maximum absolute atomic E-state index is 12.5. The molecule has 0 aromatic heterocycles. The molecule has 5 rings (SSSR count). The summed E-state index contributed by atoms with van der Waals surface area (Å²) in [6.07, 6.45) is 3.94. The van der Waals surface area contributed by atoms with E-state index in [1.54, 1.807) is 12.1 Å². The van der Waals surface area contributed by atoms with Gasteiger partial charge in [-0.25, -0.2) is 13.1 Å². The van der Waals surface area contributed by atoms with Crippen molar-refractivity contribution in [2.24, 2.45) is 5.73 Å². The zero-order valence-electron chi connectivity index (χ0n) is 17.8. The highest BCUT2D eigenvalue weighted by molar-refractivity contribution is 9.10. The molecule has 168 valence electrons. The van der Waals surface area contributed by atoms with Crippen molar-refractivity contribution in [1.82, 2.24) is 4.72 Å². The second-order valence-electron chi connectivity index (χ2n) is 8.36. The Morgan fingerprint density at radius 1 is 0.844 bits per heavy atom. The lowest BCUT2D eigenvalue weighted by Crippen LogP contribution is -2.27. The van der Waals surface area contributed by atoms with Gasteiger partial charge >= 0.3 is 0 Å². The van der Waals surface area contributed by atoms with Gasteiger partial charge in [0.25, 0.3) is 0 Å². The molecule has 2 aliphatic rings. The predicted octanol–water partition coefficient (Wildman–Crippen LogP) is 6.12. The van der Waals surface area contributed by atoms with Crippen molar-refractivity contribution >= 4 is 41.9 Å². The number of fused-ring (bicyclic) bond motifs is 2. The number of nitrogens with one attached hydrogen (secondary N) is 1. The Kier molecular flexibility index (Phi) is 7.22. The van der Waals surface area contributed by atoms with E-state index in [9.17, 15) is 8.42 Å². The van der Waals surface area contributed by atoms with E-state index in [0.29, 0.717) is 4.90 Å². The van der Waals surface area contributed by atoms with Crippen molar-refractivity contribution < 1.29 is 8.42 Å². The Labute approximate surface area is 206 Å².